The van der Waals surface area contributed by atoms with Crippen LogP contribution < -0.4 is 5.32 Å². The van der Waals surface area contributed by atoms with Crippen molar-refractivity contribution in [3.05, 3.63) is 214 Å². The van der Waals surface area contributed by atoms with Gasteiger partial charge in [0.2, 0.25) is 0 Å². The first-order valence-corrected chi connectivity index (χ1v) is 24.6. The third kappa shape index (κ3) is 12.4. The summed E-state index contributed by atoms with van der Waals surface area (Å²) >= 11 is 0.916. The van der Waals surface area contributed by atoms with Gasteiger partial charge in [0.15, 0.2) is 23.5 Å². The van der Waals surface area contributed by atoms with Crippen LogP contribution in [-0.4, -0.2) is 88.4 Å². The van der Waals surface area contributed by atoms with Gasteiger partial charge in [0, 0.05) is 11.1 Å². The Morgan fingerprint density at radius 2 is 0.904 bits per heavy atom. The molecule has 6 aromatic rings. The summed E-state index contributed by atoms with van der Waals surface area (Å²) in [7, 11) is 0. The zero-order valence-corrected chi connectivity index (χ0v) is 41.9. The Hall–Kier alpha value is -7.88. The van der Waals surface area contributed by atoms with Gasteiger partial charge in [-0.3, -0.25) is 14.9 Å². The normalized spacial score (nSPS) is 19.7. The summed E-state index contributed by atoms with van der Waals surface area (Å²) in [5, 5.41) is 7.33. The molecule has 6 aromatic carbocycles. The van der Waals surface area contributed by atoms with Crippen LogP contribution in [0.15, 0.2) is 175 Å². The maximum Gasteiger partial charge on any atom is 0.338 e. The molecule has 0 aromatic heterocycles. The molecule has 1 fully saturated rings. The largest absolute Gasteiger partial charge is 0.459 e. The number of nitrogens with one attached hydrogen (secondary N) is 1. The van der Waals surface area contributed by atoms with Crippen molar-refractivity contribution in [2.75, 3.05) is 6.61 Å². The van der Waals surface area contributed by atoms with Gasteiger partial charge in [0.25, 0.3) is 11.8 Å². The fourth-order valence-electron chi connectivity index (χ4n) is 8.13. The van der Waals surface area contributed by atoms with Gasteiger partial charge in [-0.15, -0.1) is 5.10 Å². The zero-order chi connectivity index (χ0) is 51.9. The van der Waals surface area contributed by atoms with E-state index in [1.165, 1.54) is 36.4 Å². The van der Waals surface area contributed by atoms with E-state index in [2.05, 4.69) is 26.1 Å². The molecule has 8 rings (SSSR count). The quantitative estimate of drug-likeness (QED) is 0.0909. The third-order valence-corrected chi connectivity index (χ3v) is 13.3. The minimum atomic E-state index is -1.71. The van der Waals surface area contributed by atoms with Crippen LogP contribution in [0.2, 0.25) is 0 Å². The number of rotatable bonds is 12. The molecule has 374 valence electrons. The number of amides is 2. The summed E-state index contributed by atoms with van der Waals surface area (Å²) in [5.74, 6) is -4.54. The summed E-state index contributed by atoms with van der Waals surface area (Å²) in [6.07, 6.45) is -8.03. The van der Waals surface area contributed by atoms with Gasteiger partial charge in [0.05, 0.1) is 22.3 Å². The Balaban J connectivity index is 1.25. The third-order valence-electron chi connectivity index (χ3n) is 12.2. The topological polar surface area (TPSA) is 176 Å². The van der Waals surface area contributed by atoms with Gasteiger partial charge in [-0.1, -0.05) is 150 Å². The van der Waals surface area contributed by atoms with Crippen molar-refractivity contribution < 1.29 is 52.5 Å². The monoisotopic (exact) mass is 1000 g/mol. The molecular weight excluding hydrogens is 947 g/mol. The van der Waals surface area contributed by atoms with E-state index >= 15 is 4.79 Å². The van der Waals surface area contributed by atoms with Gasteiger partial charge < -0.3 is 23.7 Å². The first-order valence-electron chi connectivity index (χ1n) is 23.7. The lowest BCUT2D eigenvalue weighted by atomic mass is 9.86. The number of benzene rings is 6. The van der Waals surface area contributed by atoms with Crippen LogP contribution in [0.3, 0.4) is 0 Å². The molecule has 2 amide bonds. The summed E-state index contributed by atoms with van der Waals surface area (Å²) in [4.78, 5) is 85.6. The first kappa shape index (κ1) is 51.5. The van der Waals surface area contributed by atoms with Crippen molar-refractivity contribution in [1.29, 1.82) is 0 Å². The number of hydrogen-bond acceptors (Lipinski definition) is 13. The Morgan fingerprint density at radius 1 is 0.507 bits per heavy atom. The molecule has 0 aliphatic carbocycles. The molecular formula is C58H55N3O11S. The SMILES string of the molecule is CC(C)(C)c1ccc(C(=O)NC2=NN(C(=O)c3ccc(C(C)(C)C)cc3)C([C@@H]3O[C@H](COC(=O)c4ccccc4)[C@@H](OC(=O)c4ccccc4)[C@H](OC(=O)c4ccccc4)[C@H]3OC(=O)c3ccccc3)S2)cc1. The molecule has 73 heavy (non-hydrogen) atoms. The lowest BCUT2D eigenvalue weighted by molar-refractivity contribution is -0.233. The van der Waals surface area contributed by atoms with Crippen molar-refractivity contribution >= 4 is 52.6 Å². The van der Waals surface area contributed by atoms with E-state index in [9.17, 15) is 24.0 Å². The zero-order valence-electron chi connectivity index (χ0n) is 41.1. The van der Waals surface area contributed by atoms with Crippen molar-refractivity contribution in [3.63, 3.8) is 0 Å². The smallest absolute Gasteiger partial charge is 0.338 e. The van der Waals surface area contributed by atoms with E-state index in [0.29, 0.717) is 5.56 Å². The molecule has 0 saturated carbocycles. The van der Waals surface area contributed by atoms with Crippen LogP contribution in [0.5, 0.6) is 0 Å². The second-order valence-electron chi connectivity index (χ2n) is 19.5. The molecule has 0 radical (unpaired) electrons. The lowest BCUT2D eigenvalue weighted by Gasteiger charge is -2.46. The maximum absolute atomic E-state index is 15.0. The standard InChI is InChI=1S/C58H55N3O11S/c1-57(2,3)42-31-27-36(28-32-42)49(62)59-56-60-61(50(63)37-29-33-43(34-30-37)58(4,5)6)51(73-56)48-47(72-55(67)41-25-17-10-18-26-41)46(71-54(66)40-23-15-9-16-24-40)45(70-53(65)39-21-13-8-14-22-39)44(69-48)35-68-52(64)38-19-11-7-12-20-38/h7-34,44-48,51H,35H2,1-6H3,(H,59,60,62)/t44-,45-,46+,47-,48-,51?/m1/s1. The van der Waals surface area contributed by atoms with Crippen LogP contribution in [0.25, 0.3) is 0 Å². The minimum Gasteiger partial charge on any atom is -0.459 e. The summed E-state index contributed by atoms with van der Waals surface area (Å²) in [6.45, 7) is 11.7. The Bertz CT molecular complexity index is 2960. The van der Waals surface area contributed by atoms with E-state index in [4.69, 9.17) is 28.8 Å². The van der Waals surface area contributed by atoms with Crippen molar-refractivity contribution in [2.24, 2.45) is 5.10 Å². The van der Waals surface area contributed by atoms with Crippen LogP contribution in [0, 0.1) is 0 Å². The molecule has 1 N–H and O–H groups in total. The van der Waals surface area contributed by atoms with Crippen LogP contribution in [-0.2, 0) is 34.5 Å². The van der Waals surface area contributed by atoms with Crippen molar-refractivity contribution in [2.45, 2.75) is 88.3 Å². The lowest BCUT2D eigenvalue weighted by Crippen LogP contribution is -2.66. The second kappa shape index (κ2) is 22.3. The molecule has 14 nitrogen and oxygen atoms in total. The summed E-state index contributed by atoms with van der Waals surface area (Å²) < 4.78 is 31.8. The number of carbonyl (C=O) groups is 6. The van der Waals surface area contributed by atoms with Crippen LogP contribution >= 0.6 is 11.8 Å². The number of hydrazone groups is 1. The molecule has 0 bridgehead atoms. The number of hydrogen-bond donors (Lipinski definition) is 1. The van der Waals surface area contributed by atoms with E-state index in [1.54, 1.807) is 109 Å². The molecule has 1 unspecified atom stereocenters. The van der Waals surface area contributed by atoms with E-state index in [1.807, 2.05) is 45.0 Å². The maximum atomic E-state index is 15.0. The van der Waals surface area contributed by atoms with Crippen LogP contribution in [0.1, 0.15) is 115 Å². The predicted molar refractivity (Wildman–Crippen MR) is 275 cm³/mol. The highest BCUT2D eigenvalue weighted by molar-refractivity contribution is 8.14. The number of esters is 4. The molecule has 0 spiro atoms. The Labute approximate surface area is 428 Å². The number of ether oxygens (including phenoxy) is 5. The van der Waals surface area contributed by atoms with Crippen molar-refractivity contribution in [3.8, 4) is 0 Å². The predicted octanol–water partition coefficient (Wildman–Crippen LogP) is 9.80. The Kier molecular flexibility index (Phi) is 15.7. The molecule has 2 aliphatic heterocycles. The van der Waals surface area contributed by atoms with Gasteiger partial charge in [-0.25, -0.2) is 24.2 Å². The summed E-state index contributed by atoms with van der Waals surface area (Å²) in [6, 6.07) is 46.4. The molecule has 1 saturated heterocycles. The summed E-state index contributed by atoms with van der Waals surface area (Å²) in [5.41, 5.74) is 2.63. The fourth-order valence-corrected chi connectivity index (χ4v) is 9.24. The highest BCUT2D eigenvalue weighted by atomic mass is 32.2. The average molecular weight is 1000 g/mol. The minimum absolute atomic E-state index is 0.0196. The number of thioether (sulfide) groups is 1. The van der Waals surface area contributed by atoms with Gasteiger partial charge in [0.1, 0.15) is 24.2 Å². The number of nitrogens with zero attached hydrogens (tertiary/aromatic N) is 2. The van der Waals surface area contributed by atoms with Crippen molar-refractivity contribution in [1.82, 2.24) is 10.3 Å². The molecule has 2 heterocycles. The second-order valence-corrected chi connectivity index (χ2v) is 20.6. The molecule has 2 aliphatic rings. The Morgan fingerprint density at radius 3 is 1.34 bits per heavy atom. The highest BCUT2D eigenvalue weighted by Crippen LogP contribution is 2.40. The van der Waals surface area contributed by atoms with Crippen LogP contribution in [0.4, 0.5) is 0 Å². The highest BCUT2D eigenvalue weighted by Gasteiger charge is 2.58. The molecule has 6 atom stereocenters. The average Bonchev–Trinajstić information content (AvgIpc) is 3.82. The van der Waals surface area contributed by atoms with E-state index < -0.39 is 78.2 Å². The van der Waals surface area contributed by atoms with Gasteiger partial charge >= 0.3 is 23.9 Å². The molecule has 15 heteroatoms. The van der Waals surface area contributed by atoms with Gasteiger partial charge in [-0.2, -0.15) is 0 Å². The fraction of sp³-hybridized carbons (Fsp3) is 0.259. The first-order chi connectivity index (χ1) is 34.9. The van der Waals surface area contributed by atoms with Gasteiger partial charge in [-0.05, 0) is 94.8 Å². The number of amidine groups is 1. The number of carbonyl (C=O) groups excluding carboxylic acids is 6. The van der Waals surface area contributed by atoms with E-state index in [-0.39, 0.29) is 43.8 Å². The van der Waals surface area contributed by atoms with E-state index in [0.717, 1.165) is 27.9 Å².